The van der Waals surface area contributed by atoms with Gasteiger partial charge in [-0.3, -0.25) is 0 Å². The van der Waals surface area contributed by atoms with Gasteiger partial charge in [0.05, 0.1) is 11.6 Å². The first-order valence-corrected chi connectivity index (χ1v) is 7.21. The van der Waals surface area contributed by atoms with Crippen molar-refractivity contribution in [2.75, 3.05) is 33.4 Å². The highest BCUT2D eigenvalue weighted by Gasteiger charge is 2.21. The third-order valence-corrected chi connectivity index (χ3v) is 3.73. The van der Waals surface area contributed by atoms with Gasteiger partial charge in [0.25, 0.3) is 0 Å². The topological polar surface area (TPSA) is 38.5 Å². The first-order chi connectivity index (χ1) is 8.29. The Hall–Kier alpha value is -0.190. The number of hydrogen-bond donors (Lipinski definition) is 1. The number of rotatable bonds is 10. The molecule has 18 heavy (non-hydrogen) atoms. The van der Waals surface area contributed by atoms with E-state index in [9.17, 15) is 0 Å². The summed E-state index contributed by atoms with van der Waals surface area (Å²) in [7, 11) is 1.75. The van der Waals surface area contributed by atoms with Gasteiger partial charge in [0.15, 0.2) is 0 Å². The molecule has 0 aromatic rings. The average molecular weight is 274 g/mol. The number of ether oxygens (including phenoxy) is 1. The van der Waals surface area contributed by atoms with Crippen molar-refractivity contribution >= 4 is 17.2 Å². The third-order valence-electron chi connectivity index (χ3n) is 3.18. The highest BCUT2D eigenvalue weighted by atomic mass is 32.1. The smallest absolute Gasteiger partial charge is 0.0784 e. The lowest BCUT2D eigenvalue weighted by atomic mass is 9.88. The van der Waals surface area contributed by atoms with Crippen LogP contribution in [-0.4, -0.2) is 43.2 Å². The largest absolute Gasteiger partial charge is 0.393 e. The molecule has 0 bridgehead atoms. The number of nitrogens with zero attached hydrogens (tertiary/aromatic N) is 1. The zero-order valence-electron chi connectivity index (χ0n) is 12.7. The second-order valence-electron chi connectivity index (χ2n) is 6.04. The van der Waals surface area contributed by atoms with Crippen molar-refractivity contribution in [1.82, 2.24) is 4.90 Å². The van der Waals surface area contributed by atoms with Crippen LogP contribution in [0.25, 0.3) is 0 Å². The lowest BCUT2D eigenvalue weighted by Gasteiger charge is -2.27. The van der Waals surface area contributed by atoms with Crippen LogP contribution in [0, 0.1) is 11.3 Å². The normalized spacial score (nSPS) is 12.4. The maximum Gasteiger partial charge on any atom is 0.0784 e. The van der Waals surface area contributed by atoms with Crippen molar-refractivity contribution in [1.29, 1.82) is 0 Å². The second-order valence-corrected chi connectivity index (χ2v) is 6.48. The van der Waals surface area contributed by atoms with Crippen molar-refractivity contribution in [2.24, 2.45) is 17.1 Å². The molecule has 0 fully saturated rings. The van der Waals surface area contributed by atoms with E-state index in [1.165, 1.54) is 0 Å². The van der Waals surface area contributed by atoms with Gasteiger partial charge in [-0.2, -0.15) is 0 Å². The highest BCUT2D eigenvalue weighted by molar-refractivity contribution is 7.80. The Morgan fingerprint density at radius 1 is 1.33 bits per heavy atom. The van der Waals surface area contributed by atoms with Gasteiger partial charge in [0.2, 0.25) is 0 Å². The molecule has 108 valence electrons. The van der Waals surface area contributed by atoms with Crippen LogP contribution in [0.1, 0.15) is 40.5 Å². The molecule has 0 radical (unpaired) electrons. The molecule has 0 atom stereocenters. The van der Waals surface area contributed by atoms with Gasteiger partial charge < -0.3 is 15.4 Å². The molecule has 0 aliphatic heterocycles. The molecule has 0 saturated heterocycles. The molecule has 0 unspecified atom stereocenters. The maximum atomic E-state index is 5.75. The Bertz CT molecular complexity index is 242. The fraction of sp³-hybridized carbons (Fsp3) is 0.929. The molecule has 3 nitrogen and oxygen atoms in total. The van der Waals surface area contributed by atoms with E-state index in [0.717, 1.165) is 39.1 Å². The first-order valence-electron chi connectivity index (χ1n) is 6.80. The van der Waals surface area contributed by atoms with Gasteiger partial charge in [0.1, 0.15) is 0 Å². The molecule has 4 heteroatoms. The van der Waals surface area contributed by atoms with Crippen LogP contribution in [0.3, 0.4) is 0 Å². The summed E-state index contributed by atoms with van der Waals surface area (Å²) in [6, 6.07) is 0. The SMILES string of the molecule is COCCN(CCCC(C)(C)C(N)=S)CC(C)C. The van der Waals surface area contributed by atoms with Crippen molar-refractivity contribution in [3.63, 3.8) is 0 Å². The van der Waals surface area contributed by atoms with Crippen molar-refractivity contribution < 1.29 is 4.74 Å². The summed E-state index contributed by atoms with van der Waals surface area (Å²) in [5, 5.41) is 0. The van der Waals surface area contributed by atoms with Crippen molar-refractivity contribution in [2.45, 2.75) is 40.5 Å². The van der Waals surface area contributed by atoms with Gasteiger partial charge in [-0.25, -0.2) is 0 Å². The quantitative estimate of drug-likeness (QED) is 0.622. The Morgan fingerprint density at radius 3 is 2.39 bits per heavy atom. The Kier molecular flexibility index (Phi) is 8.74. The van der Waals surface area contributed by atoms with E-state index in [2.05, 4.69) is 32.6 Å². The molecule has 0 amide bonds. The fourth-order valence-corrected chi connectivity index (χ4v) is 2.00. The van der Waals surface area contributed by atoms with E-state index in [1.807, 2.05) is 0 Å². The van der Waals surface area contributed by atoms with Crippen LogP contribution < -0.4 is 5.73 Å². The predicted molar refractivity (Wildman–Crippen MR) is 83.0 cm³/mol. The van der Waals surface area contributed by atoms with E-state index in [4.69, 9.17) is 22.7 Å². The van der Waals surface area contributed by atoms with E-state index in [0.29, 0.717) is 10.9 Å². The summed E-state index contributed by atoms with van der Waals surface area (Å²) >= 11 is 5.09. The zero-order valence-corrected chi connectivity index (χ0v) is 13.5. The minimum atomic E-state index is -0.0277. The summed E-state index contributed by atoms with van der Waals surface area (Å²) < 4.78 is 5.16. The summed E-state index contributed by atoms with van der Waals surface area (Å²) in [6.07, 6.45) is 2.17. The molecular formula is C14H30N2OS. The van der Waals surface area contributed by atoms with Crippen molar-refractivity contribution in [3.8, 4) is 0 Å². The van der Waals surface area contributed by atoms with Crippen LogP contribution in [0.5, 0.6) is 0 Å². The number of nitrogens with two attached hydrogens (primary N) is 1. The van der Waals surface area contributed by atoms with E-state index < -0.39 is 0 Å². The van der Waals surface area contributed by atoms with Crippen LogP contribution in [0.2, 0.25) is 0 Å². The monoisotopic (exact) mass is 274 g/mol. The molecular weight excluding hydrogens is 244 g/mol. The van der Waals surface area contributed by atoms with Gasteiger partial charge >= 0.3 is 0 Å². The van der Waals surface area contributed by atoms with Crippen LogP contribution in [0.4, 0.5) is 0 Å². The Morgan fingerprint density at radius 2 is 1.94 bits per heavy atom. The second kappa shape index (κ2) is 8.83. The summed E-state index contributed by atoms with van der Waals surface area (Å²) in [4.78, 5) is 3.08. The third kappa shape index (κ3) is 8.01. The lowest BCUT2D eigenvalue weighted by molar-refractivity contribution is 0.137. The van der Waals surface area contributed by atoms with Crippen molar-refractivity contribution in [3.05, 3.63) is 0 Å². The number of thiocarbonyl (C=S) groups is 1. The van der Waals surface area contributed by atoms with E-state index in [1.54, 1.807) is 7.11 Å². The summed E-state index contributed by atoms with van der Waals surface area (Å²) in [5.74, 6) is 0.686. The first kappa shape index (κ1) is 17.8. The molecule has 0 saturated carbocycles. The van der Waals surface area contributed by atoms with Gasteiger partial charge in [-0.15, -0.1) is 0 Å². The minimum absolute atomic E-state index is 0.0277. The molecule has 0 aromatic heterocycles. The van der Waals surface area contributed by atoms with Crippen LogP contribution in [0.15, 0.2) is 0 Å². The summed E-state index contributed by atoms with van der Waals surface area (Å²) in [5.41, 5.74) is 5.72. The van der Waals surface area contributed by atoms with Gasteiger partial charge in [-0.1, -0.05) is 39.9 Å². The van der Waals surface area contributed by atoms with Gasteiger partial charge in [-0.05, 0) is 25.3 Å². The van der Waals surface area contributed by atoms with Crippen LogP contribution in [-0.2, 0) is 4.74 Å². The minimum Gasteiger partial charge on any atom is -0.393 e. The Labute approximate surface area is 118 Å². The fourth-order valence-electron chi connectivity index (χ4n) is 1.90. The summed E-state index contributed by atoms with van der Waals surface area (Å²) in [6.45, 7) is 12.8. The zero-order chi connectivity index (χ0) is 14.2. The molecule has 0 rings (SSSR count). The molecule has 0 heterocycles. The molecule has 0 aliphatic rings. The van der Waals surface area contributed by atoms with Gasteiger partial charge in [0, 0.05) is 25.6 Å². The van der Waals surface area contributed by atoms with Crippen LogP contribution >= 0.6 is 12.2 Å². The molecule has 0 aliphatic carbocycles. The standard InChI is InChI=1S/C14H30N2OS/c1-12(2)11-16(9-10-17-5)8-6-7-14(3,4)13(15)18/h12H,6-11H2,1-5H3,(H2,15,18). The molecule has 2 N–H and O–H groups in total. The number of methoxy groups -OCH3 is 1. The highest BCUT2D eigenvalue weighted by Crippen LogP contribution is 2.22. The Balaban J connectivity index is 4.05. The average Bonchev–Trinajstić information content (AvgIpc) is 2.24. The van der Waals surface area contributed by atoms with E-state index in [-0.39, 0.29) is 5.41 Å². The molecule has 0 spiro atoms. The van der Waals surface area contributed by atoms with E-state index >= 15 is 0 Å². The maximum absolute atomic E-state index is 5.75. The lowest BCUT2D eigenvalue weighted by Crippen LogP contribution is -2.34. The number of hydrogen-bond acceptors (Lipinski definition) is 3. The predicted octanol–water partition coefficient (Wildman–Crippen LogP) is 2.68. The molecule has 0 aromatic carbocycles.